The molecular formula is C15H25N5. The van der Waals surface area contributed by atoms with Gasteiger partial charge in [0.05, 0.1) is 0 Å². The molecule has 20 heavy (non-hydrogen) atoms. The molecule has 3 unspecified atom stereocenters. The average molecular weight is 275 g/mol. The van der Waals surface area contributed by atoms with Crippen LogP contribution in [0.3, 0.4) is 0 Å². The third-order valence-electron chi connectivity index (χ3n) is 5.00. The number of nitrogens with zero attached hydrogens (tertiary/aromatic N) is 2. The van der Waals surface area contributed by atoms with Gasteiger partial charge in [-0.3, -0.25) is 0 Å². The lowest BCUT2D eigenvalue weighted by Gasteiger charge is -2.23. The summed E-state index contributed by atoms with van der Waals surface area (Å²) >= 11 is 0. The van der Waals surface area contributed by atoms with Gasteiger partial charge < -0.3 is 10.7 Å². The number of fused-ring (bicyclic) bond motifs is 2. The zero-order chi connectivity index (χ0) is 13.9. The minimum absolute atomic E-state index is 0.747. The van der Waals surface area contributed by atoms with Gasteiger partial charge in [0, 0.05) is 12.1 Å². The normalized spacial score (nSPS) is 27.8. The van der Waals surface area contributed by atoms with Crippen LogP contribution in [0.2, 0.25) is 0 Å². The van der Waals surface area contributed by atoms with E-state index in [1.165, 1.54) is 25.7 Å². The summed E-state index contributed by atoms with van der Waals surface area (Å²) in [5.74, 6) is 10.0. The zero-order valence-electron chi connectivity index (χ0n) is 12.2. The summed E-state index contributed by atoms with van der Waals surface area (Å²) in [7, 11) is 0. The number of nitrogens with one attached hydrogen (secondary N) is 2. The van der Waals surface area contributed by atoms with E-state index in [4.69, 9.17) is 5.84 Å². The topological polar surface area (TPSA) is 75.9 Å². The van der Waals surface area contributed by atoms with E-state index < -0.39 is 0 Å². The van der Waals surface area contributed by atoms with Crippen molar-refractivity contribution >= 4 is 11.6 Å². The third-order valence-corrected chi connectivity index (χ3v) is 5.00. The molecule has 2 aliphatic carbocycles. The maximum Gasteiger partial charge on any atom is 0.148 e. The maximum atomic E-state index is 5.55. The van der Waals surface area contributed by atoms with Crippen LogP contribution in [0.5, 0.6) is 0 Å². The van der Waals surface area contributed by atoms with E-state index in [2.05, 4.69) is 27.6 Å². The molecule has 5 heteroatoms. The number of hydrogen-bond donors (Lipinski definition) is 3. The van der Waals surface area contributed by atoms with Crippen LogP contribution in [0.25, 0.3) is 0 Å². The van der Waals surface area contributed by atoms with Gasteiger partial charge in [0.25, 0.3) is 0 Å². The summed E-state index contributed by atoms with van der Waals surface area (Å²) in [5.41, 5.74) is 3.80. The van der Waals surface area contributed by atoms with Crippen molar-refractivity contribution in [3.63, 3.8) is 0 Å². The van der Waals surface area contributed by atoms with Gasteiger partial charge in [0.2, 0.25) is 0 Å². The van der Waals surface area contributed by atoms with Crippen LogP contribution in [0.1, 0.15) is 44.6 Å². The van der Waals surface area contributed by atoms with E-state index in [-0.39, 0.29) is 0 Å². The van der Waals surface area contributed by atoms with E-state index in [1.54, 1.807) is 6.33 Å². The quantitative estimate of drug-likeness (QED) is 0.549. The van der Waals surface area contributed by atoms with Crippen molar-refractivity contribution in [3.8, 4) is 0 Å². The molecule has 2 saturated carbocycles. The smallest absolute Gasteiger partial charge is 0.148 e. The highest BCUT2D eigenvalue weighted by molar-refractivity contribution is 5.56. The van der Waals surface area contributed by atoms with Crippen LogP contribution < -0.4 is 16.6 Å². The van der Waals surface area contributed by atoms with Crippen LogP contribution in [-0.4, -0.2) is 16.5 Å². The van der Waals surface area contributed by atoms with Gasteiger partial charge in [-0.05, 0) is 43.4 Å². The van der Waals surface area contributed by atoms with Crippen molar-refractivity contribution in [2.24, 2.45) is 23.6 Å². The number of hydrazine groups is 1. The summed E-state index contributed by atoms with van der Waals surface area (Å²) in [4.78, 5) is 8.62. The summed E-state index contributed by atoms with van der Waals surface area (Å²) in [6.45, 7) is 3.20. The molecule has 1 heterocycles. The van der Waals surface area contributed by atoms with E-state index in [1.807, 2.05) is 0 Å². The van der Waals surface area contributed by atoms with Crippen molar-refractivity contribution < 1.29 is 0 Å². The number of aromatic nitrogens is 2. The lowest BCUT2D eigenvalue weighted by molar-refractivity contribution is 0.348. The number of anilines is 2. The minimum Gasteiger partial charge on any atom is -0.369 e. The van der Waals surface area contributed by atoms with Gasteiger partial charge in [-0.2, -0.15) is 0 Å². The first-order valence-corrected chi connectivity index (χ1v) is 7.86. The van der Waals surface area contributed by atoms with Crippen LogP contribution in [0.4, 0.5) is 11.6 Å². The summed E-state index contributed by atoms with van der Waals surface area (Å²) in [6.07, 6.45) is 9.32. The van der Waals surface area contributed by atoms with Gasteiger partial charge in [-0.1, -0.05) is 19.8 Å². The summed E-state index contributed by atoms with van der Waals surface area (Å²) in [6, 6.07) is 0. The molecule has 110 valence electrons. The lowest BCUT2D eigenvalue weighted by Crippen LogP contribution is -2.22. The Hall–Kier alpha value is -1.36. The predicted molar refractivity (Wildman–Crippen MR) is 81.3 cm³/mol. The fourth-order valence-electron chi connectivity index (χ4n) is 4.03. The van der Waals surface area contributed by atoms with E-state index >= 15 is 0 Å². The third kappa shape index (κ3) is 2.59. The molecule has 1 aromatic heterocycles. The molecule has 0 aliphatic heterocycles. The largest absolute Gasteiger partial charge is 0.369 e. The van der Waals surface area contributed by atoms with Gasteiger partial charge in [0.15, 0.2) is 0 Å². The van der Waals surface area contributed by atoms with Crippen LogP contribution >= 0.6 is 0 Å². The first-order chi connectivity index (χ1) is 9.81. The molecule has 3 rings (SSSR count). The SMILES string of the molecule is CCCc1c(NN)ncnc1NCC1CC2CCC1C2. The van der Waals surface area contributed by atoms with Gasteiger partial charge >= 0.3 is 0 Å². The number of nitrogens with two attached hydrogens (primary N) is 1. The fourth-order valence-corrected chi connectivity index (χ4v) is 4.03. The minimum atomic E-state index is 0.747. The Morgan fingerprint density at radius 3 is 2.75 bits per heavy atom. The molecule has 2 aliphatic rings. The van der Waals surface area contributed by atoms with Crippen LogP contribution in [0.15, 0.2) is 6.33 Å². The molecular weight excluding hydrogens is 250 g/mol. The second-order valence-corrected chi connectivity index (χ2v) is 6.26. The highest BCUT2D eigenvalue weighted by Gasteiger charge is 2.39. The second-order valence-electron chi connectivity index (χ2n) is 6.26. The van der Waals surface area contributed by atoms with Gasteiger partial charge in [-0.15, -0.1) is 0 Å². The number of rotatable bonds is 6. The van der Waals surface area contributed by atoms with Crippen LogP contribution in [0, 0.1) is 17.8 Å². The van der Waals surface area contributed by atoms with Crippen molar-refractivity contribution in [2.45, 2.75) is 45.4 Å². The number of hydrogen-bond acceptors (Lipinski definition) is 5. The van der Waals surface area contributed by atoms with E-state index in [9.17, 15) is 0 Å². The molecule has 2 fully saturated rings. The summed E-state index contributed by atoms with van der Waals surface area (Å²) in [5, 5.41) is 3.55. The van der Waals surface area contributed by atoms with Crippen molar-refractivity contribution in [1.29, 1.82) is 0 Å². The fraction of sp³-hybridized carbons (Fsp3) is 0.733. The molecule has 0 amide bonds. The highest BCUT2D eigenvalue weighted by Crippen LogP contribution is 2.48. The first kappa shape index (κ1) is 13.6. The molecule has 2 bridgehead atoms. The second kappa shape index (κ2) is 5.95. The molecule has 3 atom stereocenters. The predicted octanol–water partition coefficient (Wildman–Crippen LogP) is 2.56. The molecule has 4 N–H and O–H groups in total. The molecule has 0 aromatic carbocycles. The molecule has 0 saturated heterocycles. The Bertz CT molecular complexity index is 462. The molecule has 1 aromatic rings. The number of nitrogen functional groups attached to an aromatic ring is 1. The van der Waals surface area contributed by atoms with Crippen molar-refractivity contribution in [2.75, 3.05) is 17.3 Å². The average Bonchev–Trinajstić information content (AvgIpc) is 3.09. The standard InChI is InChI=1S/C15H25N5/c1-2-3-13-14(18-9-19-15(13)20-16)17-8-12-7-10-4-5-11(12)6-10/h9-12H,2-8,16H2,1H3,(H2,17,18,19,20). The molecule has 0 spiro atoms. The summed E-state index contributed by atoms with van der Waals surface area (Å²) < 4.78 is 0. The van der Waals surface area contributed by atoms with E-state index in [0.29, 0.717) is 0 Å². The Morgan fingerprint density at radius 1 is 1.25 bits per heavy atom. The zero-order valence-corrected chi connectivity index (χ0v) is 12.2. The Morgan fingerprint density at radius 2 is 2.10 bits per heavy atom. The monoisotopic (exact) mass is 275 g/mol. The lowest BCUT2D eigenvalue weighted by atomic mass is 9.89. The van der Waals surface area contributed by atoms with E-state index in [0.717, 1.165) is 54.3 Å². The van der Waals surface area contributed by atoms with Crippen molar-refractivity contribution in [3.05, 3.63) is 11.9 Å². The van der Waals surface area contributed by atoms with Gasteiger partial charge in [-0.25, -0.2) is 15.8 Å². The van der Waals surface area contributed by atoms with Crippen LogP contribution in [-0.2, 0) is 6.42 Å². The Balaban J connectivity index is 1.67. The van der Waals surface area contributed by atoms with Gasteiger partial charge in [0.1, 0.15) is 18.0 Å². The highest BCUT2D eigenvalue weighted by atomic mass is 15.3. The van der Waals surface area contributed by atoms with Crippen molar-refractivity contribution in [1.82, 2.24) is 9.97 Å². The molecule has 5 nitrogen and oxygen atoms in total. The first-order valence-electron chi connectivity index (χ1n) is 7.86. The Kier molecular flexibility index (Phi) is 4.05. The Labute approximate surface area is 120 Å². The maximum absolute atomic E-state index is 5.55. The molecule has 0 radical (unpaired) electrons.